The molecule has 1 heterocycles. The van der Waals surface area contributed by atoms with Crippen LogP contribution in [0.15, 0.2) is 12.7 Å². The fourth-order valence-corrected chi connectivity index (χ4v) is 0.501. The van der Waals surface area contributed by atoms with Gasteiger partial charge in [0.1, 0.15) is 12.0 Å². The average Bonchev–Trinajstić information content (AvgIpc) is 1.83. The van der Waals surface area contributed by atoms with Gasteiger partial charge >= 0.3 is 5.97 Å². The number of carbonyl (C=O) groups is 1. The van der Waals surface area contributed by atoms with E-state index in [9.17, 15) is 4.79 Å². The number of esters is 1. The molecule has 0 aromatic carbocycles. The van der Waals surface area contributed by atoms with Crippen LogP contribution in [0.1, 0.15) is 6.92 Å². The quantitative estimate of drug-likeness (QED) is 0.369. The van der Waals surface area contributed by atoms with E-state index in [-0.39, 0.29) is 11.4 Å². The highest BCUT2D eigenvalue weighted by Crippen LogP contribution is 2.28. The third-order valence-electron chi connectivity index (χ3n) is 1.42. The van der Waals surface area contributed by atoms with Crippen molar-refractivity contribution < 1.29 is 9.53 Å². The van der Waals surface area contributed by atoms with Gasteiger partial charge in [0.15, 0.2) is 0 Å². The van der Waals surface area contributed by atoms with E-state index in [1.165, 1.54) is 0 Å². The van der Waals surface area contributed by atoms with E-state index >= 15 is 0 Å². The lowest BCUT2D eigenvalue weighted by molar-refractivity contribution is -0.176. The maximum absolute atomic E-state index is 10.5. The van der Waals surface area contributed by atoms with E-state index in [0.717, 1.165) is 0 Å². The van der Waals surface area contributed by atoms with Gasteiger partial charge in [-0.15, -0.1) is 6.58 Å². The predicted molar refractivity (Wildman–Crippen MR) is 29.3 cm³/mol. The molecule has 1 fully saturated rings. The number of hydrogen-bond donors (Lipinski definition) is 0. The number of rotatable bonds is 1. The van der Waals surface area contributed by atoms with Crippen LogP contribution in [0, 0.1) is 5.41 Å². The molecule has 0 radical (unpaired) electrons. The molecule has 0 amide bonds. The molecule has 1 saturated heterocycles. The Labute approximate surface area is 48.1 Å². The number of ether oxygens (including phenoxy) is 1. The van der Waals surface area contributed by atoms with Crippen LogP contribution >= 0.6 is 0 Å². The Kier molecular flexibility index (Phi) is 0.897. The minimum atomic E-state index is -0.375. The second-order valence-electron chi connectivity index (χ2n) is 2.20. The van der Waals surface area contributed by atoms with Crippen LogP contribution < -0.4 is 0 Å². The van der Waals surface area contributed by atoms with Crippen LogP contribution in [0.4, 0.5) is 0 Å². The minimum absolute atomic E-state index is 0.160. The van der Waals surface area contributed by atoms with Crippen molar-refractivity contribution in [2.24, 2.45) is 5.41 Å². The van der Waals surface area contributed by atoms with Gasteiger partial charge in [-0.1, -0.05) is 6.08 Å². The van der Waals surface area contributed by atoms with Gasteiger partial charge in [-0.05, 0) is 6.92 Å². The average molecular weight is 112 g/mol. The monoisotopic (exact) mass is 112 g/mol. The van der Waals surface area contributed by atoms with Crippen molar-refractivity contribution in [3.05, 3.63) is 12.7 Å². The smallest absolute Gasteiger partial charge is 0.319 e. The van der Waals surface area contributed by atoms with Crippen molar-refractivity contribution in [3.8, 4) is 0 Å². The molecule has 1 aliphatic rings. The van der Waals surface area contributed by atoms with Crippen LogP contribution in [0.25, 0.3) is 0 Å². The summed E-state index contributed by atoms with van der Waals surface area (Å²) in [7, 11) is 0. The summed E-state index contributed by atoms with van der Waals surface area (Å²) in [5, 5.41) is 0. The van der Waals surface area contributed by atoms with E-state index in [1.807, 2.05) is 6.92 Å². The second-order valence-corrected chi connectivity index (χ2v) is 2.20. The molecule has 0 aromatic rings. The van der Waals surface area contributed by atoms with Crippen molar-refractivity contribution in [3.63, 3.8) is 0 Å². The van der Waals surface area contributed by atoms with Gasteiger partial charge in [-0.2, -0.15) is 0 Å². The molecule has 0 spiro atoms. The zero-order chi connectivity index (χ0) is 6.20. The van der Waals surface area contributed by atoms with Crippen LogP contribution in [0.2, 0.25) is 0 Å². The highest BCUT2D eigenvalue weighted by atomic mass is 16.6. The Morgan fingerprint density at radius 1 is 2.00 bits per heavy atom. The highest BCUT2D eigenvalue weighted by Gasteiger charge is 2.41. The Bertz CT molecular complexity index is 139. The van der Waals surface area contributed by atoms with Gasteiger partial charge in [0.2, 0.25) is 0 Å². The lowest BCUT2D eigenvalue weighted by Crippen LogP contribution is -2.43. The lowest BCUT2D eigenvalue weighted by atomic mass is 9.88. The van der Waals surface area contributed by atoms with Crippen molar-refractivity contribution in [1.29, 1.82) is 0 Å². The van der Waals surface area contributed by atoms with Crippen molar-refractivity contribution in [2.45, 2.75) is 6.92 Å². The van der Waals surface area contributed by atoms with E-state index in [0.29, 0.717) is 6.61 Å². The molecule has 1 atom stereocenters. The van der Waals surface area contributed by atoms with Gasteiger partial charge in [-0.25, -0.2) is 0 Å². The van der Waals surface area contributed by atoms with Gasteiger partial charge in [-0.3, -0.25) is 4.79 Å². The third-order valence-corrected chi connectivity index (χ3v) is 1.42. The molecule has 1 aliphatic heterocycles. The first kappa shape index (κ1) is 5.35. The molecule has 2 heteroatoms. The first-order chi connectivity index (χ1) is 3.69. The van der Waals surface area contributed by atoms with E-state index in [1.54, 1.807) is 6.08 Å². The maximum atomic E-state index is 10.5. The SMILES string of the molecule is C=CC1(C)COC1=O. The molecular formula is C6H8O2. The van der Waals surface area contributed by atoms with Crippen LogP contribution in [-0.4, -0.2) is 12.6 Å². The first-order valence-electron chi connectivity index (χ1n) is 2.50. The maximum Gasteiger partial charge on any atom is 0.319 e. The fourth-order valence-electron chi connectivity index (χ4n) is 0.501. The zero-order valence-electron chi connectivity index (χ0n) is 4.81. The highest BCUT2D eigenvalue weighted by molar-refractivity contribution is 5.83. The van der Waals surface area contributed by atoms with Gasteiger partial charge in [0, 0.05) is 0 Å². The zero-order valence-corrected chi connectivity index (χ0v) is 4.81. The molecule has 8 heavy (non-hydrogen) atoms. The summed E-state index contributed by atoms with van der Waals surface area (Å²) in [4.78, 5) is 10.5. The molecule has 0 aromatic heterocycles. The lowest BCUT2D eigenvalue weighted by Gasteiger charge is -2.32. The Morgan fingerprint density at radius 3 is 2.62 bits per heavy atom. The Hall–Kier alpha value is -0.790. The summed E-state index contributed by atoms with van der Waals surface area (Å²) in [5.74, 6) is -0.160. The van der Waals surface area contributed by atoms with Crippen molar-refractivity contribution in [1.82, 2.24) is 0 Å². The van der Waals surface area contributed by atoms with Crippen LogP contribution in [-0.2, 0) is 9.53 Å². The summed E-state index contributed by atoms with van der Waals surface area (Å²) in [5.41, 5.74) is -0.375. The van der Waals surface area contributed by atoms with Crippen molar-refractivity contribution in [2.75, 3.05) is 6.61 Å². The molecule has 1 rings (SSSR count). The number of cyclic esters (lactones) is 1. The predicted octanol–water partition coefficient (Wildman–Crippen LogP) is 0.736. The van der Waals surface area contributed by atoms with Crippen LogP contribution in [0.5, 0.6) is 0 Å². The van der Waals surface area contributed by atoms with E-state index < -0.39 is 0 Å². The summed E-state index contributed by atoms with van der Waals surface area (Å²) >= 11 is 0. The van der Waals surface area contributed by atoms with Gasteiger partial charge in [0.05, 0.1) is 0 Å². The first-order valence-corrected chi connectivity index (χ1v) is 2.50. The third kappa shape index (κ3) is 0.457. The number of carbonyl (C=O) groups excluding carboxylic acids is 1. The molecule has 0 aliphatic carbocycles. The van der Waals surface area contributed by atoms with Crippen molar-refractivity contribution >= 4 is 5.97 Å². The summed E-state index contributed by atoms with van der Waals surface area (Å²) in [6, 6.07) is 0. The summed E-state index contributed by atoms with van der Waals surface area (Å²) < 4.78 is 4.53. The Balaban J connectivity index is 2.68. The standard InChI is InChI=1S/C6H8O2/c1-3-6(2)4-8-5(6)7/h3H,1,4H2,2H3. The summed E-state index contributed by atoms with van der Waals surface area (Å²) in [6.07, 6.45) is 1.62. The van der Waals surface area contributed by atoms with Gasteiger partial charge < -0.3 is 4.74 Å². The normalized spacial score (nSPS) is 35.4. The minimum Gasteiger partial charge on any atom is -0.463 e. The molecule has 0 N–H and O–H groups in total. The largest absolute Gasteiger partial charge is 0.463 e. The molecule has 0 saturated carbocycles. The van der Waals surface area contributed by atoms with Crippen LogP contribution in [0.3, 0.4) is 0 Å². The fraction of sp³-hybridized carbons (Fsp3) is 0.500. The Morgan fingerprint density at radius 2 is 2.62 bits per heavy atom. The second kappa shape index (κ2) is 1.34. The molecule has 44 valence electrons. The molecular weight excluding hydrogens is 104 g/mol. The molecule has 0 bridgehead atoms. The van der Waals surface area contributed by atoms with E-state index in [4.69, 9.17) is 0 Å². The topological polar surface area (TPSA) is 26.3 Å². The molecule has 1 unspecified atom stereocenters. The van der Waals surface area contributed by atoms with Gasteiger partial charge in [0.25, 0.3) is 0 Å². The van der Waals surface area contributed by atoms with E-state index in [2.05, 4.69) is 11.3 Å². The number of hydrogen-bond acceptors (Lipinski definition) is 2. The summed E-state index contributed by atoms with van der Waals surface area (Å²) in [6.45, 7) is 5.81. The molecule has 2 nitrogen and oxygen atoms in total.